The van der Waals surface area contributed by atoms with Crippen molar-refractivity contribution in [1.29, 1.82) is 0 Å². The van der Waals surface area contributed by atoms with Crippen molar-refractivity contribution in [3.05, 3.63) is 56.7 Å². The molecule has 8 heteroatoms. The van der Waals surface area contributed by atoms with Crippen LogP contribution in [0.5, 0.6) is 5.75 Å². The molecule has 2 aromatic carbocycles. The first-order chi connectivity index (χ1) is 12.7. The zero-order chi connectivity index (χ0) is 19.5. The molecule has 0 saturated carbocycles. The van der Waals surface area contributed by atoms with Gasteiger partial charge in [0.15, 0.2) is 5.69 Å². The van der Waals surface area contributed by atoms with Gasteiger partial charge in [-0.15, -0.1) is 0 Å². The summed E-state index contributed by atoms with van der Waals surface area (Å²) in [6, 6.07) is 8.61. The average molecular weight is 424 g/mol. The zero-order valence-electron chi connectivity index (χ0n) is 14.2. The minimum atomic E-state index is -1.10. The molecule has 138 valence electrons. The molecule has 0 bridgehead atoms. The number of rotatable bonds is 2. The first-order valence-electron chi connectivity index (χ1n) is 7.99. The molecule has 4 rings (SSSR count). The van der Waals surface area contributed by atoms with Gasteiger partial charge in [-0.3, -0.25) is 5.10 Å². The Morgan fingerprint density at radius 1 is 1.07 bits per heavy atom. The van der Waals surface area contributed by atoms with E-state index in [9.17, 15) is 9.90 Å². The minimum Gasteiger partial charge on any atom is -0.482 e. The minimum absolute atomic E-state index is 0.00768. The Morgan fingerprint density at radius 2 is 1.78 bits per heavy atom. The maximum atomic E-state index is 11.6. The van der Waals surface area contributed by atoms with Crippen molar-refractivity contribution in [2.75, 3.05) is 0 Å². The molecule has 0 atom stereocenters. The summed E-state index contributed by atoms with van der Waals surface area (Å²) >= 11 is 18.7. The molecule has 1 aromatic heterocycles. The molecule has 3 aromatic rings. The lowest BCUT2D eigenvalue weighted by Crippen LogP contribution is -2.31. The maximum Gasteiger partial charge on any atom is 0.354 e. The van der Waals surface area contributed by atoms with E-state index in [1.165, 1.54) is 0 Å². The summed E-state index contributed by atoms with van der Waals surface area (Å²) in [5.41, 5.74) is 2.01. The topological polar surface area (TPSA) is 75.2 Å². The van der Waals surface area contributed by atoms with E-state index in [1.807, 2.05) is 0 Å². The van der Waals surface area contributed by atoms with Crippen LogP contribution in [0.3, 0.4) is 0 Å². The Bertz CT molecular complexity index is 1110. The quantitative estimate of drug-likeness (QED) is 0.528. The van der Waals surface area contributed by atoms with Crippen LogP contribution in [0.15, 0.2) is 30.3 Å². The Balaban J connectivity index is 2.04. The molecule has 0 amide bonds. The number of halogens is 3. The predicted octanol–water partition coefficient (Wildman–Crippen LogP) is 6.03. The molecule has 1 aliphatic rings. The fourth-order valence-corrected chi connectivity index (χ4v) is 4.10. The highest BCUT2D eigenvalue weighted by Crippen LogP contribution is 2.51. The van der Waals surface area contributed by atoms with E-state index in [0.29, 0.717) is 48.8 Å². The fourth-order valence-electron chi connectivity index (χ4n) is 3.37. The maximum absolute atomic E-state index is 11.6. The number of nitrogens with one attached hydrogen (secondary N) is 1. The number of nitrogens with zero attached hydrogens (tertiary/aromatic N) is 1. The van der Waals surface area contributed by atoms with Gasteiger partial charge in [0.2, 0.25) is 0 Å². The number of aromatic amines is 1. The molecule has 5 nitrogen and oxygen atoms in total. The number of carbonyl (C=O) groups is 1. The number of fused-ring (bicyclic) bond motifs is 3. The van der Waals surface area contributed by atoms with Crippen molar-refractivity contribution < 1.29 is 14.6 Å². The third-order valence-corrected chi connectivity index (χ3v) is 5.24. The molecular formula is C19H13Cl3N2O3. The number of carboxylic acid groups (broad SMARTS) is 1. The van der Waals surface area contributed by atoms with E-state index in [4.69, 9.17) is 39.5 Å². The number of H-pyrrole nitrogens is 1. The second-order valence-electron chi connectivity index (χ2n) is 6.69. The summed E-state index contributed by atoms with van der Waals surface area (Å²) in [6.07, 6.45) is 0. The molecule has 0 saturated heterocycles. The molecule has 0 aliphatic carbocycles. The lowest BCUT2D eigenvalue weighted by molar-refractivity contribution is 0.0665. The van der Waals surface area contributed by atoms with Gasteiger partial charge in [-0.05, 0) is 38.1 Å². The molecule has 0 radical (unpaired) electrons. The summed E-state index contributed by atoms with van der Waals surface area (Å²) in [7, 11) is 0. The van der Waals surface area contributed by atoms with Crippen LogP contribution in [0.4, 0.5) is 0 Å². The molecule has 2 N–H and O–H groups in total. The van der Waals surface area contributed by atoms with Crippen molar-refractivity contribution in [1.82, 2.24) is 10.2 Å². The molecule has 0 fully saturated rings. The molecule has 0 unspecified atom stereocenters. The molecule has 27 heavy (non-hydrogen) atoms. The molecular weight excluding hydrogens is 411 g/mol. The second kappa shape index (κ2) is 6.16. The van der Waals surface area contributed by atoms with Gasteiger partial charge in [0.25, 0.3) is 0 Å². The van der Waals surface area contributed by atoms with Gasteiger partial charge in [0.05, 0.1) is 10.6 Å². The highest BCUT2D eigenvalue weighted by Gasteiger charge is 2.40. The number of ether oxygens (including phenoxy) is 1. The number of benzene rings is 2. The summed E-state index contributed by atoms with van der Waals surface area (Å²) in [4.78, 5) is 11.6. The summed E-state index contributed by atoms with van der Waals surface area (Å²) in [5.74, 6) is -0.573. The van der Waals surface area contributed by atoms with Gasteiger partial charge < -0.3 is 9.84 Å². The van der Waals surface area contributed by atoms with Crippen molar-refractivity contribution in [3.63, 3.8) is 0 Å². The third kappa shape index (κ3) is 2.87. The number of hydrogen-bond donors (Lipinski definition) is 2. The van der Waals surface area contributed by atoms with Crippen LogP contribution < -0.4 is 4.74 Å². The lowest BCUT2D eigenvalue weighted by atomic mass is 9.87. The van der Waals surface area contributed by atoms with Crippen LogP contribution in [0.2, 0.25) is 15.1 Å². The van der Waals surface area contributed by atoms with Gasteiger partial charge >= 0.3 is 5.97 Å². The average Bonchev–Trinajstić information content (AvgIpc) is 3.02. The Hall–Kier alpha value is -2.21. The third-order valence-electron chi connectivity index (χ3n) is 4.47. The smallest absolute Gasteiger partial charge is 0.354 e. The van der Waals surface area contributed by atoms with Crippen LogP contribution in [0.1, 0.15) is 29.9 Å². The van der Waals surface area contributed by atoms with Crippen molar-refractivity contribution in [2.45, 2.75) is 19.4 Å². The van der Waals surface area contributed by atoms with Crippen molar-refractivity contribution >= 4 is 40.8 Å². The van der Waals surface area contributed by atoms with Crippen LogP contribution in [0, 0.1) is 0 Å². The number of aromatic carboxylic acids is 1. The van der Waals surface area contributed by atoms with Gasteiger partial charge in [-0.2, -0.15) is 5.10 Å². The van der Waals surface area contributed by atoms with Crippen LogP contribution in [-0.4, -0.2) is 21.3 Å². The Morgan fingerprint density at radius 3 is 2.44 bits per heavy atom. The van der Waals surface area contributed by atoms with Gasteiger partial charge in [0, 0.05) is 26.7 Å². The lowest BCUT2D eigenvalue weighted by Gasteiger charge is -2.34. The largest absolute Gasteiger partial charge is 0.482 e. The highest BCUT2D eigenvalue weighted by atomic mass is 35.5. The summed E-state index contributed by atoms with van der Waals surface area (Å²) in [6.45, 7) is 3.58. The second-order valence-corrected chi connectivity index (χ2v) is 7.97. The monoisotopic (exact) mass is 422 g/mol. The molecule has 1 aliphatic heterocycles. The van der Waals surface area contributed by atoms with Gasteiger partial charge in [0.1, 0.15) is 17.0 Å². The highest BCUT2D eigenvalue weighted by molar-refractivity contribution is 6.37. The Labute approximate surface area is 169 Å². The van der Waals surface area contributed by atoms with E-state index in [0.717, 1.165) is 0 Å². The fraction of sp³-hybridized carbons (Fsp3) is 0.158. The number of aromatic nitrogens is 2. The van der Waals surface area contributed by atoms with E-state index < -0.39 is 11.6 Å². The standard InChI is InChI=1S/C19H13Cl3N2O3/c1-19(2)14-15(23-24-16(14)18(25)26)12-6-9(21)5-11(17(12)27-19)10-4-3-8(20)7-13(10)22/h3-7H,1-2H3,(H,23,24)(H,25,26). The van der Waals surface area contributed by atoms with Crippen LogP contribution in [-0.2, 0) is 5.60 Å². The molecule has 2 heterocycles. The first-order valence-corrected chi connectivity index (χ1v) is 9.13. The van der Waals surface area contributed by atoms with Gasteiger partial charge in [-0.1, -0.05) is 40.9 Å². The zero-order valence-corrected chi connectivity index (χ0v) is 16.5. The number of carboxylic acids is 1. The van der Waals surface area contributed by atoms with E-state index in [1.54, 1.807) is 44.2 Å². The normalized spacial score (nSPS) is 14.3. The van der Waals surface area contributed by atoms with Crippen molar-refractivity contribution in [3.8, 4) is 28.1 Å². The molecule has 0 spiro atoms. The van der Waals surface area contributed by atoms with Crippen LogP contribution >= 0.6 is 34.8 Å². The predicted molar refractivity (Wildman–Crippen MR) is 105 cm³/mol. The summed E-state index contributed by atoms with van der Waals surface area (Å²) in [5, 5.41) is 17.7. The van der Waals surface area contributed by atoms with Gasteiger partial charge in [-0.25, -0.2) is 4.79 Å². The van der Waals surface area contributed by atoms with Crippen molar-refractivity contribution in [2.24, 2.45) is 0 Å². The Kier molecular flexibility index (Phi) is 4.14. The van der Waals surface area contributed by atoms with E-state index >= 15 is 0 Å². The van der Waals surface area contributed by atoms with E-state index in [-0.39, 0.29) is 5.69 Å². The first kappa shape index (κ1) is 18.2. The SMILES string of the molecule is CC1(C)Oc2c(-c3ccc(Cl)cc3Cl)cc(Cl)cc2-c2n[nH]c(C(=O)O)c21. The summed E-state index contributed by atoms with van der Waals surface area (Å²) < 4.78 is 6.25. The van der Waals surface area contributed by atoms with Crippen LogP contribution in [0.25, 0.3) is 22.4 Å². The van der Waals surface area contributed by atoms with E-state index in [2.05, 4.69) is 10.2 Å². The number of hydrogen-bond acceptors (Lipinski definition) is 3.